The Labute approximate surface area is 127 Å². The number of rotatable bonds is 7. The first-order valence-electron chi connectivity index (χ1n) is 6.81. The molecule has 0 aliphatic rings. The molecule has 1 atom stereocenters. The van der Waals surface area contributed by atoms with Crippen LogP contribution >= 0.6 is 0 Å². The number of carbonyl (C=O) groups excluding carboxylic acids is 1. The molecule has 0 spiro atoms. The van der Waals surface area contributed by atoms with E-state index in [1.165, 1.54) is 6.07 Å². The summed E-state index contributed by atoms with van der Waals surface area (Å²) in [7, 11) is 0. The number of anilines is 1. The fraction of sp³-hybridized carbons (Fsp3) is 0.250. The Bertz CT molecular complexity index is 704. The number of benzene rings is 1. The van der Waals surface area contributed by atoms with Crippen molar-refractivity contribution in [3.63, 3.8) is 0 Å². The highest BCUT2D eigenvalue weighted by atomic mass is 16.5. The highest BCUT2D eigenvalue weighted by molar-refractivity contribution is 5.97. The second kappa shape index (κ2) is 6.91. The number of ether oxygens (including phenoxy) is 1. The summed E-state index contributed by atoms with van der Waals surface area (Å²) >= 11 is 0. The van der Waals surface area contributed by atoms with E-state index in [0.29, 0.717) is 29.7 Å². The summed E-state index contributed by atoms with van der Waals surface area (Å²) in [4.78, 5) is 22.8. The Morgan fingerprint density at radius 3 is 2.91 bits per heavy atom. The summed E-state index contributed by atoms with van der Waals surface area (Å²) in [5.74, 6) is -1.55. The third-order valence-electron chi connectivity index (χ3n) is 3.05. The Morgan fingerprint density at radius 2 is 2.23 bits per heavy atom. The maximum Gasteiger partial charge on any atom is 0.371 e. The van der Waals surface area contributed by atoms with Gasteiger partial charge in [0.15, 0.2) is 0 Å². The molecule has 0 saturated carbocycles. The number of fused-ring (bicyclic) bond motifs is 1. The van der Waals surface area contributed by atoms with Gasteiger partial charge in [-0.05, 0) is 37.6 Å². The molecule has 6 nitrogen and oxygen atoms in total. The first-order valence-corrected chi connectivity index (χ1v) is 6.81. The van der Waals surface area contributed by atoms with Gasteiger partial charge in [-0.15, -0.1) is 6.58 Å². The van der Waals surface area contributed by atoms with E-state index in [1.807, 2.05) is 0 Å². The minimum atomic E-state index is -1.13. The highest BCUT2D eigenvalue weighted by Gasteiger charge is 2.15. The standard InChI is InChI=1S/C16H17NO5/c1-3-4-7-21-10(2)15(18)17-12-5-6-13-11(8-12)9-14(22-13)16(19)20/h3,5-6,8-10H,1,4,7H2,2H3,(H,17,18)(H,19,20). The predicted octanol–water partition coefficient (Wildman–Crippen LogP) is 3.05. The fourth-order valence-corrected chi connectivity index (χ4v) is 1.87. The van der Waals surface area contributed by atoms with E-state index in [9.17, 15) is 9.59 Å². The third-order valence-corrected chi connectivity index (χ3v) is 3.05. The molecule has 0 aliphatic heterocycles. The Kier molecular flexibility index (Phi) is 4.95. The Balaban J connectivity index is 2.06. The maximum absolute atomic E-state index is 12.0. The van der Waals surface area contributed by atoms with Crippen LogP contribution in [0.5, 0.6) is 0 Å². The van der Waals surface area contributed by atoms with Crippen LogP contribution in [0.3, 0.4) is 0 Å². The van der Waals surface area contributed by atoms with Crippen molar-refractivity contribution in [1.29, 1.82) is 0 Å². The van der Waals surface area contributed by atoms with Gasteiger partial charge in [0.2, 0.25) is 5.76 Å². The number of carboxylic acids is 1. The number of hydrogen-bond acceptors (Lipinski definition) is 4. The Hall–Kier alpha value is -2.60. The molecule has 1 aromatic carbocycles. The molecule has 2 rings (SSSR count). The third kappa shape index (κ3) is 3.73. The van der Waals surface area contributed by atoms with Crippen molar-refractivity contribution in [2.45, 2.75) is 19.4 Å². The number of furan rings is 1. The van der Waals surface area contributed by atoms with Crippen LogP contribution in [0.2, 0.25) is 0 Å². The van der Waals surface area contributed by atoms with E-state index in [-0.39, 0.29) is 11.7 Å². The lowest BCUT2D eigenvalue weighted by Gasteiger charge is -2.12. The smallest absolute Gasteiger partial charge is 0.371 e. The van der Waals surface area contributed by atoms with Crippen molar-refractivity contribution < 1.29 is 23.8 Å². The molecule has 6 heteroatoms. The summed E-state index contributed by atoms with van der Waals surface area (Å²) < 4.78 is 10.5. The van der Waals surface area contributed by atoms with Crippen molar-refractivity contribution >= 4 is 28.5 Å². The lowest BCUT2D eigenvalue weighted by molar-refractivity contribution is -0.126. The van der Waals surface area contributed by atoms with Gasteiger partial charge in [-0.25, -0.2) is 4.79 Å². The van der Waals surface area contributed by atoms with Gasteiger partial charge < -0.3 is 19.6 Å². The number of nitrogens with one attached hydrogen (secondary N) is 1. The minimum Gasteiger partial charge on any atom is -0.475 e. The molecule has 0 bridgehead atoms. The van der Waals surface area contributed by atoms with Crippen LogP contribution in [0.4, 0.5) is 5.69 Å². The lowest BCUT2D eigenvalue weighted by Crippen LogP contribution is -2.27. The van der Waals surface area contributed by atoms with Crippen LogP contribution in [-0.4, -0.2) is 29.7 Å². The molecular weight excluding hydrogens is 286 g/mol. The zero-order valence-corrected chi connectivity index (χ0v) is 12.2. The van der Waals surface area contributed by atoms with Crippen molar-refractivity contribution in [2.75, 3.05) is 11.9 Å². The molecule has 0 radical (unpaired) electrons. The highest BCUT2D eigenvalue weighted by Crippen LogP contribution is 2.23. The van der Waals surface area contributed by atoms with Crippen LogP contribution in [0.15, 0.2) is 41.3 Å². The average molecular weight is 303 g/mol. The largest absolute Gasteiger partial charge is 0.475 e. The molecule has 2 N–H and O–H groups in total. The molecule has 1 amide bonds. The molecule has 1 aromatic heterocycles. The SMILES string of the molecule is C=CCCOC(C)C(=O)Nc1ccc2oc(C(=O)O)cc2c1. The van der Waals surface area contributed by atoms with Gasteiger partial charge in [0, 0.05) is 11.1 Å². The zero-order valence-electron chi connectivity index (χ0n) is 12.2. The van der Waals surface area contributed by atoms with Crippen molar-refractivity contribution in [1.82, 2.24) is 0 Å². The first-order chi connectivity index (χ1) is 10.5. The maximum atomic E-state index is 12.0. The lowest BCUT2D eigenvalue weighted by atomic mass is 10.2. The monoisotopic (exact) mass is 303 g/mol. The van der Waals surface area contributed by atoms with Gasteiger partial charge in [0.1, 0.15) is 11.7 Å². The van der Waals surface area contributed by atoms with Crippen LogP contribution in [0.25, 0.3) is 11.0 Å². The topological polar surface area (TPSA) is 88.8 Å². The average Bonchev–Trinajstić information content (AvgIpc) is 2.90. The van der Waals surface area contributed by atoms with E-state index in [2.05, 4.69) is 11.9 Å². The second-order valence-electron chi connectivity index (χ2n) is 4.75. The van der Waals surface area contributed by atoms with Crippen molar-refractivity contribution in [2.24, 2.45) is 0 Å². The normalized spacial score (nSPS) is 12.0. The molecule has 2 aromatic rings. The van der Waals surface area contributed by atoms with Crippen LogP contribution in [0.1, 0.15) is 23.9 Å². The van der Waals surface area contributed by atoms with E-state index in [4.69, 9.17) is 14.3 Å². The summed E-state index contributed by atoms with van der Waals surface area (Å²) in [6.07, 6.45) is 1.81. The Morgan fingerprint density at radius 1 is 1.45 bits per heavy atom. The molecule has 1 heterocycles. The molecule has 1 unspecified atom stereocenters. The van der Waals surface area contributed by atoms with Gasteiger partial charge in [-0.1, -0.05) is 6.08 Å². The van der Waals surface area contributed by atoms with Crippen LogP contribution in [-0.2, 0) is 9.53 Å². The summed E-state index contributed by atoms with van der Waals surface area (Å²) in [5, 5.41) is 12.2. The number of carbonyl (C=O) groups is 2. The molecular formula is C16H17NO5. The molecule has 0 saturated heterocycles. The summed E-state index contributed by atoms with van der Waals surface area (Å²) in [5.41, 5.74) is 1.00. The van der Waals surface area contributed by atoms with Crippen molar-refractivity contribution in [3.8, 4) is 0 Å². The van der Waals surface area contributed by atoms with Gasteiger partial charge in [-0.3, -0.25) is 4.79 Å². The number of amides is 1. The fourth-order valence-electron chi connectivity index (χ4n) is 1.87. The van der Waals surface area contributed by atoms with Gasteiger partial charge in [-0.2, -0.15) is 0 Å². The van der Waals surface area contributed by atoms with E-state index in [1.54, 1.807) is 31.2 Å². The van der Waals surface area contributed by atoms with Crippen LogP contribution < -0.4 is 5.32 Å². The molecule has 22 heavy (non-hydrogen) atoms. The molecule has 0 aliphatic carbocycles. The van der Waals surface area contributed by atoms with E-state index < -0.39 is 12.1 Å². The van der Waals surface area contributed by atoms with Gasteiger partial charge >= 0.3 is 5.97 Å². The number of hydrogen-bond donors (Lipinski definition) is 2. The number of carboxylic acid groups (broad SMARTS) is 1. The number of aromatic carboxylic acids is 1. The van der Waals surface area contributed by atoms with Gasteiger partial charge in [0.25, 0.3) is 5.91 Å². The van der Waals surface area contributed by atoms with Gasteiger partial charge in [0.05, 0.1) is 6.61 Å². The summed E-state index contributed by atoms with van der Waals surface area (Å²) in [6.45, 7) is 5.68. The molecule has 116 valence electrons. The van der Waals surface area contributed by atoms with Crippen molar-refractivity contribution in [3.05, 3.63) is 42.7 Å². The van der Waals surface area contributed by atoms with Crippen LogP contribution in [0, 0.1) is 0 Å². The van der Waals surface area contributed by atoms with E-state index in [0.717, 1.165) is 0 Å². The second-order valence-corrected chi connectivity index (χ2v) is 4.75. The minimum absolute atomic E-state index is 0.139. The zero-order chi connectivity index (χ0) is 16.1. The first kappa shape index (κ1) is 15.8. The molecule has 0 fully saturated rings. The summed E-state index contributed by atoms with van der Waals surface area (Å²) in [6, 6.07) is 6.32. The predicted molar refractivity (Wildman–Crippen MR) is 82.0 cm³/mol. The quantitative estimate of drug-likeness (QED) is 0.606. The van der Waals surface area contributed by atoms with E-state index >= 15 is 0 Å².